The van der Waals surface area contributed by atoms with Gasteiger partial charge < -0.3 is 4.74 Å². The van der Waals surface area contributed by atoms with Crippen LogP contribution in [-0.2, 0) is 9.59 Å². The van der Waals surface area contributed by atoms with Crippen molar-refractivity contribution in [2.45, 2.75) is 12.1 Å². The quantitative estimate of drug-likeness (QED) is 0.431. The van der Waals surface area contributed by atoms with Crippen LogP contribution in [0.25, 0.3) is 0 Å². The molecule has 0 saturated carbocycles. The monoisotopic (exact) mass is 469 g/mol. The first-order valence-corrected chi connectivity index (χ1v) is 11.2. The first-order valence-electron chi connectivity index (χ1n) is 11.2. The molecule has 3 heterocycles. The van der Waals surface area contributed by atoms with E-state index < -0.39 is 41.6 Å². The molecule has 2 saturated heterocycles. The van der Waals surface area contributed by atoms with Gasteiger partial charge in [-0.05, 0) is 47.5 Å². The third kappa shape index (κ3) is 3.02. The Bertz CT molecular complexity index is 1400. The van der Waals surface area contributed by atoms with Gasteiger partial charge in [-0.15, -0.1) is 0 Å². The molecular formula is C27H20FN3O4. The van der Waals surface area contributed by atoms with Gasteiger partial charge in [-0.2, -0.15) is 5.10 Å². The number of nitrogens with zero attached hydrogens (tertiary/aromatic N) is 3. The van der Waals surface area contributed by atoms with Gasteiger partial charge in [0.15, 0.2) is 5.78 Å². The number of para-hydroxylation sites is 2. The molecule has 6 rings (SSSR count). The minimum Gasteiger partial charge on any atom is -0.495 e. The zero-order valence-electron chi connectivity index (χ0n) is 18.7. The van der Waals surface area contributed by atoms with E-state index in [-0.39, 0.29) is 11.3 Å². The highest BCUT2D eigenvalue weighted by Gasteiger charge is 2.65. The second kappa shape index (κ2) is 7.87. The molecule has 174 valence electrons. The van der Waals surface area contributed by atoms with E-state index in [2.05, 4.69) is 5.10 Å². The molecule has 0 bridgehead atoms. The Balaban J connectivity index is 1.51. The molecule has 0 radical (unpaired) electrons. The summed E-state index contributed by atoms with van der Waals surface area (Å²) in [6, 6.07) is 17.9. The van der Waals surface area contributed by atoms with Crippen molar-refractivity contribution in [2.75, 3.05) is 12.0 Å². The van der Waals surface area contributed by atoms with Gasteiger partial charge in [-0.1, -0.05) is 36.4 Å². The van der Waals surface area contributed by atoms with Gasteiger partial charge in [0, 0.05) is 5.56 Å². The smallest absolute Gasteiger partial charge is 0.240 e. The second-order valence-electron chi connectivity index (χ2n) is 8.75. The molecule has 35 heavy (non-hydrogen) atoms. The number of ketones is 1. The molecular weight excluding hydrogens is 449 g/mol. The van der Waals surface area contributed by atoms with E-state index in [1.165, 1.54) is 31.4 Å². The van der Waals surface area contributed by atoms with Crippen LogP contribution in [0, 0.1) is 17.7 Å². The fraction of sp³-hybridized carbons (Fsp3) is 0.185. The average molecular weight is 469 g/mol. The van der Waals surface area contributed by atoms with Gasteiger partial charge in [-0.25, -0.2) is 9.29 Å². The number of fused-ring (bicyclic) bond motifs is 5. The molecule has 8 heteroatoms. The Morgan fingerprint density at radius 1 is 0.914 bits per heavy atom. The normalized spacial score (nSPS) is 24.3. The third-order valence-corrected chi connectivity index (χ3v) is 7.02. The summed E-state index contributed by atoms with van der Waals surface area (Å²) in [5.41, 5.74) is 2.25. The van der Waals surface area contributed by atoms with Crippen molar-refractivity contribution in [3.8, 4) is 5.75 Å². The van der Waals surface area contributed by atoms with E-state index in [1.54, 1.807) is 35.5 Å². The number of methoxy groups -OCH3 is 1. The predicted molar refractivity (Wildman–Crippen MR) is 126 cm³/mol. The Hall–Kier alpha value is -4.33. The maximum Gasteiger partial charge on any atom is 0.240 e. The number of rotatable bonds is 4. The number of anilines is 1. The number of carbonyl (C=O) groups is 3. The van der Waals surface area contributed by atoms with Gasteiger partial charge in [0.25, 0.3) is 0 Å². The van der Waals surface area contributed by atoms with Gasteiger partial charge in [-0.3, -0.25) is 19.4 Å². The highest BCUT2D eigenvalue weighted by Crippen LogP contribution is 2.53. The maximum absolute atomic E-state index is 13.9. The maximum atomic E-state index is 13.9. The summed E-state index contributed by atoms with van der Waals surface area (Å²) in [7, 11) is 1.47. The number of Topliss-reactive ketones (excluding diaryl/α,β-unsaturated/α-hetero) is 1. The van der Waals surface area contributed by atoms with E-state index in [9.17, 15) is 18.8 Å². The Labute approximate surface area is 200 Å². The van der Waals surface area contributed by atoms with Gasteiger partial charge >= 0.3 is 0 Å². The number of imide groups is 1. The molecule has 2 amide bonds. The molecule has 0 aromatic heterocycles. The Kier molecular flexibility index (Phi) is 4.77. The summed E-state index contributed by atoms with van der Waals surface area (Å²) in [5.74, 6) is -3.13. The number of amides is 2. The van der Waals surface area contributed by atoms with Crippen LogP contribution in [0.5, 0.6) is 5.75 Å². The lowest BCUT2D eigenvalue weighted by molar-refractivity contribution is -0.124. The van der Waals surface area contributed by atoms with Gasteiger partial charge in [0.05, 0.1) is 36.9 Å². The van der Waals surface area contributed by atoms with Crippen LogP contribution < -0.4 is 9.64 Å². The van der Waals surface area contributed by atoms with Crippen molar-refractivity contribution in [3.63, 3.8) is 0 Å². The van der Waals surface area contributed by atoms with Crippen molar-refractivity contribution in [2.24, 2.45) is 16.9 Å². The minimum atomic E-state index is -1.02. The molecule has 0 unspecified atom stereocenters. The SMILES string of the molecule is COc1ccccc1N1C(=O)[C@@H]2[C@H](C1=O)[C@H]1c3ccccc3C=NN1[C@H]2C(=O)c1ccc(F)cc1. The average Bonchev–Trinajstić information content (AvgIpc) is 3.36. The molecule has 0 spiro atoms. The summed E-state index contributed by atoms with van der Waals surface area (Å²) in [6.45, 7) is 0. The molecule has 3 aliphatic heterocycles. The van der Waals surface area contributed by atoms with E-state index in [4.69, 9.17) is 4.74 Å². The lowest BCUT2D eigenvalue weighted by Gasteiger charge is -2.33. The first kappa shape index (κ1) is 21.2. The summed E-state index contributed by atoms with van der Waals surface area (Å²) in [5, 5.41) is 6.11. The summed E-state index contributed by atoms with van der Waals surface area (Å²) < 4.78 is 18.9. The van der Waals surface area contributed by atoms with E-state index >= 15 is 0 Å². The lowest BCUT2D eigenvalue weighted by atomic mass is 9.83. The molecule has 0 N–H and O–H groups in total. The molecule has 4 atom stereocenters. The van der Waals surface area contributed by atoms with E-state index in [1.807, 2.05) is 24.3 Å². The van der Waals surface area contributed by atoms with Crippen molar-refractivity contribution < 1.29 is 23.5 Å². The van der Waals surface area contributed by atoms with Crippen LogP contribution in [0.3, 0.4) is 0 Å². The zero-order valence-corrected chi connectivity index (χ0v) is 18.7. The lowest BCUT2D eigenvalue weighted by Crippen LogP contribution is -2.44. The molecule has 7 nitrogen and oxygen atoms in total. The number of hydrazone groups is 1. The van der Waals surface area contributed by atoms with Crippen LogP contribution >= 0.6 is 0 Å². The second-order valence-corrected chi connectivity index (χ2v) is 8.75. The van der Waals surface area contributed by atoms with Gasteiger partial charge in [0.1, 0.15) is 17.6 Å². The van der Waals surface area contributed by atoms with Crippen molar-refractivity contribution in [1.82, 2.24) is 5.01 Å². The van der Waals surface area contributed by atoms with Crippen molar-refractivity contribution in [3.05, 3.63) is 95.3 Å². The van der Waals surface area contributed by atoms with E-state index in [0.717, 1.165) is 16.0 Å². The van der Waals surface area contributed by atoms with Crippen LogP contribution in [0.4, 0.5) is 10.1 Å². The highest BCUT2D eigenvalue weighted by atomic mass is 19.1. The Morgan fingerprint density at radius 2 is 1.60 bits per heavy atom. The number of halogens is 1. The third-order valence-electron chi connectivity index (χ3n) is 7.02. The van der Waals surface area contributed by atoms with Crippen LogP contribution in [0.2, 0.25) is 0 Å². The minimum absolute atomic E-state index is 0.251. The fourth-order valence-electron chi connectivity index (χ4n) is 5.51. The number of hydrogen-bond donors (Lipinski definition) is 0. The Morgan fingerprint density at radius 3 is 2.37 bits per heavy atom. The van der Waals surface area contributed by atoms with Gasteiger partial charge in [0.2, 0.25) is 11.8 Å². The van der Waals surface area contributed by atoms with Crippen molar-refractivity contribution in [1.29, 1.82) is 0 Å². The van der Waals surface area contributed by atoms with Crippen LogP contribution in [0.15, 0.2) is 77.9 Å². The zero-order chi connectivity index (χ0) is 24.3. The summed E-state index contributed by atoms with van der Waals surface area (Å²) in [6.07, 6.45) is 1.64. The summed E-state index contributed by atoms with van der Waals surface area (Å²) in [4.78, 5) is 42.6. The molecule has 0 aliphatic carbocycles. The summed E-state index contributed by atoms with van der Waals surface area (Å²) >= 11 is 0. The predicted octanol–water partition coefficient (Wildman–Crippen LogP) is 3.60. The van der Waals surface area contributed by atoms with Crippen LogP contribution in [0.1, 0.15) is 27.5 Å². The number of carbonyl (C=O) groups excluding carboxylic acids is 3. The van der Waals surface area contributed by atoms with Crippen molar-refractivity contribution >= 4 is 29.5 Å². The first-order chi connectivity index (χ1) is 17.0. The number of ether oxygens (including phenoxy) is 1. The molecule has 3 aromatic rings. The molecule has 3 aromatic carbocycles. The molecule has 3 aliphatic rings. The van der Waals surface area contributed by atoms with Crippen LogP contribution in [-0.4, -0.2) is 42.0 Å². The fourth-order valence-corrected chi connectivity index (χ4v) is 5.51. The molecule has 2 fully saturated rings. The number of benzene rings is 3. The number of hydrogen-bond acceptors (Lipinski definition) is 6. The largest absolute Gasteiger partial charge is 0.495 e. The highest BCUT2D eigenvalue weighted by molar-refractivity contribution is 6.25. The standard InChI is InChI=1S/C27H20FN3O4/c1-35-20-9-5-4-8-19(20)30-26(33)21-22(27(30)34)24(25(32)15-10-12-17(28)13-11-15)31-23(21)18-7-3-2-6-16(18)14-29-31/h2-14,21-24H,1H3/t21-,22+,23+,24+/m0/s1. The topological polar surface area (TPSA) is 79.3 Å². The van der Waals surface area contributed by atoms with E-state index in [0.29, 0.717) is 11.4 Å².